The summed E-state index contributed by atoms with van der Waals surface area (Å²) in [4.78, 5) is 17.7. The molecule has 168 valence electrons. The van der Waals surface area contributed by atoms with Crippen LogP contribution in [0.3, 0.4) is 0 Å². The number of nitrogens with one attached hydrogen (secondary N) is 1. The van der Waals surface area contributed by atoms with E-state index in [2.05, 4.69) is 43.3 Å². The normalized spacial score (nSPS) is 11.9. The maximum absolute atomic E-state index is 13.0. The van der Waals surface area contributed by atoms with E-state index in [-0.39, 0.29) is 17.1 Å². The van der Waals surface area contributed by atoms with Gasteiger partial charge in [-0.1, -0.05) is 50.3 Å². The second kappa shape index (κ2) is 7.74. The molecule has 5 rings (SSSR count). The monoisotopic (exact) mass is 460 g/mol. The Morgan fingerprint density at radius 3 is 2.73 bits per heavy atom. The zero-order chi connectivity index (χ0) is 23.3. The number of aromatic nitrogens is 3. The van der Waals surface area contributed by atoms with Crippen LogP contribution >= 0.6 is 11.3 Å². The summed E-state index contributed by atoms with van der Waals surface area (Å²) in [5, 5.41) is 8.96. The molecule has 0 aliphatic heterocycles. The molecule has 0 bridgehead atoms. The number of anilines is 1. The van der Waals surface area contributed by atoms with Gasteiger partial charge in [0.05, 0.1) is 23.0 Å². The molecule has 33 heavy (non-hydrogen) atoms. The van der Waals surface area contributed by atoms with E-state index in [0.717, 1.165) is 21.3 Å². The molecule has 3 heterocycles. The fourth-order valence-corrected chi connectivity index (χ4v) is 4.66. The van der Waals surface area contributed by atoms with Crippen LogP contribution in [0.4, 0.5) is 5.82 Å². The number of aryl methyl sites for hydroxylation is 1. The van der Waals surface area contributed by atoms with Crippen LogP contribution in [0.5, 0.6) is 5.75 Å². The van der Waals surface area contributed by atoms with Gasteiger partial charge in [0.2, 0.25) is 5.13 Å². The third-order valence-corrected chi connectivity index (χ3v) is 6.44. The van der Waals surface area contributed by atoms with Gasteiger partial charge in [-0.25, -0.2) is 4.98 Å². The van der Waals surface area contributed by atoms with Crippen LogP contribution < -0.4 is 10.1 Å². The van der Waals surface area contributed by atoms with E-state index in [9.17, 15) is 4.79 Å². The van der Waals surface area contributed by atoms with Crippen LogP contribution in [0.15, 0.2) is 52.9 Å². The predicted octanol–water partition coefficient (Wildman–Crippen LogP) is 6.10. The minimum Gasteiger partial charge on any atom is -0.493 e. The maximum atomic E-state index is 13.0. The lowest BCUT2D eigenvalue weighted by Gasteiger charge is -2.18. The van der Waals surface area contributed by atoms with E-state index >= 15 is 0 Å². The average molecular weight is 461 g/mol. The molecular formula is C25H24N4O3S. The van der Waals surface area contributed by atoms with Crippen LogP contribution in [0, 0.1) is 6.92 Å². The number of para-hydroxylation sites is 1. The van der Waals surface area contributed by atoms with Crippen molar-refractivity contribution in [1.29, 1.82) is 0 Å². The first-order valence-electron chi connectivity index (χ1n) is 10.6. The fraction of sp³-hybridized carbons (Fsp3) is 0.240. The Balaban J connectivity index is 1.49. The van der Waals surface area contributed by atoms with Gasteiger partial charge in [-0.05, 0) is 42.2 Å². The second-order valence-corrected chi connectivity index (χ2v) is 9.96. The van der Waals surface area contributed by atoms with Crippen molar-refractivity contribution in [3.05, 3.63) is 65.5 Å². The number of hydrogen-bond donors (Lipinski definition) is 1. The number of rotatable bonds is 4. The summed E-state index contributed by atoms with van der Waals surface area (Å²) in [6, 6.07) is 15.4. The first-order chi connectivity index (χ1) is 15.7. The number of methoxy groups -OCH3 is 1. The molecule has 5 aromatic rings. The highest BCUT2D eigenvalue weighted by Crippen LogP contribution is 2.32. The Labute approximate surface area is 195 Å². The molecule has 0 fully saturated rings. The summed E-state index contributed by atoms with van der Waals surface area (Å²) in [6.07, 6.45) is 0. The summed E-state index contributed by atoms with van der Waals surface area (Å²) in [5.74, 6) is 0.932. The molecular weight excluding hydrogens is 436 g/mol. The lowest BCUT2D eigenvalue weighted by atomic mass is 9.87. The Morgan fingerprint density at radius 1 is 1.15 bits per heavy atom. The maximum Gasteiger partial charge on any atom is 0.292 e. The molecule has 0 saturated carbocycles. The summed E-state index contributed by atoms with van der Waals surface area (Å²) < 4.78 is 13.9. The van der Waals surface area contributed by atoms with E-state index in [1.807, 2.05) is 31.2 Å². The molecule has 0 unspecified atom stereocenters. The third-order valence-electron chi connectivity index (χ3n) is 5.45. The van der Waals surface area contributed by atoms with Crippen LogP contribution in [-0.4, -0.2) is 27.8 Å². The predicted molar refractivity (Wildman–Crippen MR) is 131 cm³/mol. The Morgan fingerprint density at radius 2 is 1.97 bits per heavy atom. The summed E-state index contributed by atoms with van der Waals surface area (Å²) >= 11 is 1.54. The zero-order valence-electron chi connectivity index (χ0n) is 19.1. The van der Waals surface area contributed by atoms with Gasteiger partial charge in [-0.2, -0.15) is 9.78 Å². The smallest absolute Gasteiger partial charge is 0.292 e. The molecule has 0 radical (unpaired) electrons. The topological polar surface area (TPSA) is 82.2 Å². The number of benzene rings is 2. The van der Waals surface area contributed by atoms with Gasteiger partial charge in [0.1, 0.15) is 5.82 Å². The van der Waals surface area contributed by atoms with Crippen molar-refractivity contribution in [3.63, 3.8) is 0 Å². The molecule has 0 spiro atoms. The second-order valence-electron chi connectivity index (χ2n) is 8.96. The summed E-state index contributed by atoms with van der Waals surface area (Å²) in [5.41, 5.74) is 3.50. The van der Waals surface area contributed by atoms with Gasteiger partial charge in [0, 0.05) is 11.5 Å². The Kier molecular flexibility index (Phi) is 4.97. The molecule has 0 aliphatic rings. The molecule has 0 atom stereocenters. The van der Waals surface area contributed by atoms with E-state index in [1.165, 1.54) is 16.9 Å². The van der Waals surface area contributed by atoms with Crippen LogP contribution in [0.2, 0.25) is 0 Å². The van der Waals surface area contributed by atoms with Crippen molar-refractivity contribution in [3.8, 4) is 10.9 Å². The van der Waals surface area contributed by atoms with E-state index in [1.54, 1.807) is 23.9 Å². The number of fused-ring (bicyclic) bond motifs is 2. The molecule has 1 amide bonds. The molecule has 1 N–H and O–H groups in total. The Hall–Kier alpha value is -3.65. The van der Waals surface area contributed by atoms with E-state index < -0.39 is 0 Å². The van der Waals surface area contributed by atoms with Gasteiger partial charge >= 0.3 is 0 Å². The quantitative estimate of drug-likeness (QED) is 0.351. The minimum absolute atomic E-state index is 0.0506. The number of ether oxygens (including phenoxy) is 1. The van der Waals surface area contributed by atoms with Gasteiger partial charge in [0.25, 0.3) is 5.91 Å². The van der Waals surface area contributed by atoms with Crippen molar-refractivity contribution < 1.29 is 13.9 Å². The van der Waals surface area contributed by atoms with Crippen molar-refractivity contribution >= 4 is 44.2 Å². The zero-order valence-corrected chi connectivity index (χ0v) is 19.9. The summed E-state index contributed by atoms with van der Waals surface area (Å²) in [7, 11) is 1.57. The lowest BCUT2D eigenvalue weighted by molar-refractivity contribution is 0.0998. The number of nitrogens with zero attached hydrogens (tertiary/aromatic N) is 3. The van der Waals surface area contributed by atoms with Gasteiger partial charge in [0.15, 0.2) is 17.1 Å². The standard InChI is InChI=1S/C25H24N4O3S/c1-14-11-21(27-23(30)19-12-15-7-6-8-18(31-5)22(15)32-19)29(28-14)24-26-17-10-9-16(25(2,3)4)13-20(17)33-24/h6-13H,1-5H3,(H,27,30). The highest BCUT2D eigenvalue weighted by Gasteiger charge is 2.20. The first kappa shape index (κ1) is 21.2. The van der Waals surface area contributed by atoms with Crippen molar-refractivity contribution in [2.24, 2.45) is 0 Å². The van der Waals surface area contributed by atoms with Crippen molar-refractivity contribution in [1.82, 2.24) is 14.8 Å². The molecule has 0 saturated heterocycles. The number of hydrogen-bond acceptors (Lipinski definition) is 6. The lowest BCUT2D eigenvalue weighted by Crippen LogP contribution is -2.14. The number of thiazole rings is 1. The number of carbonyl (C=O) groups excluding carboxylic acids is 1. The van der Waals surface area contributed by atoms with Crippen LogP contribution in [0.1, 0.15) is 42.6 Å². The van der Waals surface area contributed by atoms with Gasteiger partial charge in [-0.15, -0.1) is 0 Å². The van der Waals surface area contributed by atoms with Crippen molar-refractivity contribution in [2.75, 3.05) is 12.4 Å². The highest BCUT2D eigenvalue weighted by molar-refractivity contribution is 7.20. The summed E-state index contributed by atoms with van der Waals surface area (Å²) in [6.45, 7) is 8.44. The van der Waals surface area contributed by atoms with E-state index in [0.29, 0.717) is 22.3 Å². The van der Waals surface area contributed by atoms with E-state index in [4.69, 9.17) is 14.1 Å². The van der Waals surface area contributed by atoms with Crippen LogP contribution in [-0.2, 0) is 5.41 Å². The Bertz CT molecular complexity index is 1500. The van der Waals surface area contributed by atoms with Crippen LogP contribution in [0.25, 0.3) is 26.3 Å². The molecule has 7 nitrogen and oxygen atoms in total. The first-order valence-corrected chi connectivity index (χ1v) is 11.4. The molecule has 0 aliphatic carbocycles. The van der Waals surface area contributed by atoms with Crippen molar-refractivity contribution in [2.45, 2.75) is 33.1 Å². The molecule has 2 aromatic carbocycles. The highest BCUT2D eigenvalue weighted by atomic mass is 32.1. The van der Waals surface area contributed by atoms with Gasteiger partial charge < -0.3 is 14.5 Å². The number of carbonyl (C=O) groups is 1. The third kappa shape index (κ3) is 3.87. The fourth-order valence-electron chi connectivity index (χ4n) is 3.69. The molecule has 8 heteroatoms. The largest absolute Gasteiger partial charge is 0.493 e. The molecule has 3 aromatic heterocycles. The van der Waals surface area contributed by atoms with Gasteiger partial charge in [-0.3, -0.25) is 4.79 Å². The average Bonchev–Trinajstić information content (AvgIpc) is 3.47. The number of furan rings is 1. The SMILES string of the molecule is COc1cccc2cc(C(=O)Nc3cc(C)nn3-c3nc4ccc(C(C)(C)C)cc4s3)oc12. The minimum atomic E-state index is -0.370. The number of amides is 1.